The molecule has 1 N–H and O–H groups in total. The second-order valence-corrected chi connectivity index (χ2v) is 5.37. The maximum Gasteiger partial charge on any atom is 0.353 e. The lowest BCUT2D eigenvalue weighted by Crippen LogP contribution is -2.42. The van der Waals surface area contributed by atoms with Crippen molar-refractivity contribution in [1.29, 1.82) is 0 Å². The van der Waals surface area contributed by atoms with Gasteiger partial charge in [0.05, 0.1) is 0 Å². The molecule has 1 aromatic carbocycles. The number of carbonyl (C=O) groups excluding carboxylic acids is 1. The number of carboxylic acid groups (broad SMARTS) is 1. The highest BCUT2D eigenvalue weighted by Crippen LogP contribution is 2.29. The zero-order valence-corrected chi connectivity index (χ0v) is 11.7. The Balaban J connectivity index is 1.80. The zero-order valence-electron chi connectivity index (χ0n) is 11.7. The molecular weight excluding hydrogens is 272 g/mol. The molecule has 21 heavy (non-hydrogen) atoms. The lowest BCUT2D eigenvalue weighted by Gasteiger charge is -2.30. The number of nitrogens with zero attached hydrogens (tertiary/aromatic N) is 2. The Labute approximate surface area is 122 Å². The van der Waals surface area contributed by atoms with Crippen LogP contribution in [0.15, 0.2) is 23.4 Å². The minimum absolute atomic E-state index is 0.0197. The Morgan fingerprint density at radius 2 is 2.24 bits per heavy atom. The highest BCUT2D eigenvalue weighted by atomic mass is 16.6. The number of hydrogen-bond donors (Lipinski definition) is 1. The van der Waals surface area contributed by atoms with Gasteiger partial charge >= 0.3 is 5.97 Å². The summed E-state index contributed by atoms with van der Waals surface area (Å²) in [4.78, 5) is 30.1. The molecule has 0 aromatic heterocycles. The lowest BCUT2D eigenvalue weighted by molar-refractivity contribution is -0.129. The van der Waals surface area contributed by atoms with Crippen LogP contribution >= 0.6 is 0 Å². The van der Waals surface area contributed by atoms with E-state index in [2.05, 4.69) is 11.2 Å². The second-order valence-electron chi connectivity index (χ2n) is 5.37. The first kappa shape index (κ1) is 13.6. The summed E-state index contributed by atoms with van der Waals surface area (Å²) in [5.74, 6) is -1.36. The third-order valence-electron chi connectivity index (χ3n) is 3.81. The van der Waals surface area contributed by atoms with Crippen molar-refractivity contribution in [2.75, 3.05) is 11.4 Å². The molecule has 0 radical (unpaired) electrons. The van der Waals surface area contributed by atoms with Crippen molar-refractivity contribution in [3.05, 3.63) is 29.3 Å². The Morgan fingerprint density at radius 1 is 1.43 bits per heavy atom. The van der Waals surface area contributed by atoms with Gasteiger partial charge in [0.1, 0.15) is 0 Å². The minimum Gasteiger partial charge on any atom is -0.477 e. The Hall–Kier alpha value is -2.37. The standard InChI is InChI=1S/C15H16N2O4/c1-9-4-5-12-10(7-9)3-2-6-17(12)14(18)13-8-11(15(19)20)16-21-13/h4-5,7,13H,2-3,6,8H2,1H3,(H,19,20). The van der Waals surface area contributed by atoms with Gasteiger partial charge in [-0.3, -0.25) is 4.79 Å². The molecule has 1 atom stereocenters. The van der Waals surface area contributed by atoms with Gasteiger partial charge < -0.3 is 14.8 Å². The van der Waals surface area contributed by atoms with Crippen molar-refractivity contribution in [3.63, 3.8) is 0 Å². The molecule has 2 heterocycles. The van der Waals surface area contributed by atoms with E-state index in [0.29, 0.717) is 6.54 Å². The van der Waals surface area contributed by atoms with Crippen LogP contribution in [0.2, 0.25) is 0 Å². The van der Waals surface area contributed by atoms with Crippen LogP contribution in [0.25, 0.3) is 0 Å². The van der Waals surface area contributed by atoms with Crippen LogP contribution in [0.4, 0.5) is 5.69 Å². The summed E-state index contributed by atoms with van der Waals surface area (Å²) in [5.41, 5.74) is 3.10. The van der Waals surface area contributed by atoms with Crippen molar-refractivity contribution in [2.45, 2.75) is 32.3 Å². The highest BCUT2D eigenvalue weighted by Gasteiger charge is 2.36. The number of oxime groups is 1. The average molecular weight is 288 g/mol. The first-order chi connectivity index (χ1) is 10.1. The summed E-state index contributed by atoms with van der Waals surface area (Å²) in [6, 6.07) is 6.00. The number of fused-ring (bicyclic) bond motifs is 1. The lowest BCUT2D eigenvalue weighted by atomic mass is 9.98. The third-order valence-corrected chi connectivity index (χ3v) is 3.81. The molecule has 6 nitrogen and oxygen atoms in total. The topological polar surface area (TPSA) is 79.2 Å². The van der Waals surface area contributed by atoms with Crippen LogP contribution < -0.4 is 4.90 Å². The van der Waals surface area contributed by atoms with E-state index in [1.165, 1.54) is 0 Å². The summed E-state index contributed by atoms with van der Waals surface area (Å²) >= 11 is 0. The van der Waals surface area contributed by atoms with E-state index in [-0.39, 0.29) is 18.0 Å². The summed E-state index contributed by atoms with van der Waals surface area (Å²) in [7, 11) is 0. The number of anilines is 1. The summed E-state index contributed by atoms with van der Waals surface area (Å²) in [6.07, 6.45) is 1.03. The van der Waals surface area contributed by atoms with Gasteiger partial charge in [-0.1, -0.05) is 22.9 Å². The van der Waals surface area contributed by atoms with Crippen LogP contribution in [0.3, 0.4) is 0 Å². The molecule has 0 spiro atoms. The van der Waals surface area contributed by atoms with E-state index in [4.69, 9.17) is 9.94 Å². The monoisotopic (exact) mass is 288 g/mol. The molecule has 0 aliphatic carbocycles. The Kier molecular flexibility index (Phi) is 3.37. The molecular formula is C15H16N2O4. The van der Waals surface area contributed by atoms with Gasteiger partial charge in [-0.25, -0.2) is 4.79 Å². The van der Waals surface area contributed by atoms with Crippen molar-refractivity contribution in [2.24, 2.45) is 5.16 Å². The predicted octanol–water partition coefficient (Wildman–Crippen LogP) is 1.50. The van der Waals surface area contributed by atoms with Crippen molar-refractivity contribution in [1.82, 2.24) is 0 Å². The fourth-order valence-electron chi connectivity index (χ4n) is 2.76. The second kappa shape index (κ2) is 5.20. The normalized spacial score (nSPS) is 20.5. The quantitative estimate of drug-likeness (QED) is 0.894. The number of benzene rings is 1. The number of aliphatic carboxylic acids is 1. The fourth-order valence-corrected chi connectivity index (χ4v) is 2.76. The molecule has 1 aromatic rings. The fraction of sp³-hybridized carbons (Fsp3) is 0.400. The van der Waals surface area contributed by atoms with E-state index in [1.807, 2.05) is 19.1 Å². The molecule has 0 saturated heterocycles. The van der Waals surface area contributed by atoms with Gasteiger partial charge in [0.25, 0.3) is 5.91 Å². The number of rotatable bonds is 2. The number of carbonyl (C=O) groups is 2. The number of aryl methyl sites for hydroxylation is 2. The van der Waals surface area contributed by atoms with E-state index < -0.39 is 12.1 Å². The maximum absolute atomic E-state index is 12.6. The molecule has 3 rings (SSSR count). The summed E-state index contributed by atoms with van der Waals surface area (Å²) < 4.78 is 0. The van der Waals surface area contributed by atoms with Gasteiger partial charge in [0.15, 0.2) is 5.71 Å². The Morgan fingerprint density at radius 3 is 2.95 bits per heavy atom. The van der Waals surface area contributed by atoms with Gasteiger partial charge in [-0.15, -0.1) is 0 Å². The van der Waals surface area contributed by atoms with E-state index >= 15 is 0 Å². The highest BCUT2D eigenvalue weighted by molar-refractivity contribution is 6.36. The first-order valence-electron chi connectivity index (χ1n) is 6.93. The average Bonchev–Trinajstić information content (AvgIpc) is 2.95. The number of amides is 1. The molecule has 1 unspecified atom stereocenters. The molecule has 0 bridgehead atoms. The van der Waals surface area contributed by atoms with Crippen LogP contribution in [-0.4, -0.2) is 35.3 Å². The largest absolute Gasteiger partial charge is 0.477 e. The van der Waals surface area contributed by atoms with E-state index in [0.717, 1.165) is 29.7 Å². The molecule has 0 saturated carbocycles. The number of carboxylic acids is 1. The Bertz CT molecular complexity index is 639. The summed E-state index contributed by atoms with van der Waals surface area (Å²) in [5, 5.41) is 12.3. The van der Waals surface area contributed by atoms with Gasteiger partial charge in [-0.05, 0) is 31.4 Å². The first-order valence-corrected chi connectivity index (χ1v) is 6.93. The predicted molar refractivity (Wildman–Crippen MR) is 76.4 cm³/mol. The zero-order chi connectivity index (χ0) is 15.0. The SMILES string of the molecule is Cc1ccc2c(c1)CCCN2C(=O)C1CC(C(=O)O)=NO1. The minimum atomic E-state index is -1.14. The number of hydrogen-bond acceptors (Lipinski definition) is 4. The molecule has 1 amide bonds. The van der Waals surface area contributed by atoms with Crippen molar-refractivity contribution in [3.8, 4) is 0 Å². The smallest absolute Gasteiger partial charge is 0.353 e. The van der Waals surface area contributed by atoms with Crippen LogP contribution in [0.5, 0.6) is 0 Å². The third kappa shape index (κ3) is 2.49. The van der Waals surface area contributed by atoms with Gasteiger partial charge in [-0.2, -0.15) is 0 Å². The molecule has 0 fully saturated rings. The van der Waals surface area contributed by atoms with Crippen molar-refractivity contribution >= 4 is 23.3 Å². The van der Waals surface area contributed by atoms with Crippen molar-refractivity contribution < 1.29 is 19.5 Å². The van der Waals surface area contributed by atoms with Crippen LogP contribution in [0.1, 0.15) is 24.0 Å². The molecule has 6 heteroatoms. The summed E-state index contributed by atoms with van der Waals surface area (Å²) in [6.45, 7) is 2.64. The maximum atomic E-state index is 12.6. The van der Waals surface area contributed by atoms with E-state index in [9.17, 15) is 9.59 Å². The molecule has 2 aliphatic rings. The molecule has 110 valence electrons. The molecule has 2 aliphatic heterocycles. The van der Waals surface area contributed by atoms with Gasteiger partial charge in [0.2, 0.25) is 6.10 Å². The van der Waals surface area contributed by atoms with Crippen LogP contribution in [-0.2, 0) is 20.8 Å². The van der Waals surface area contributed by atoms with E-state index in [1.54, 1.807) is 4.90 Å². The van der Waals surface area contributed by atoms with Crippen LogP contribution in [0, 0.1) is 6.92 Å². The van der Waals surface area contributed by atoms with Gasteiger partial charge in [0, 0.05) is 18.7 Å².